The van der Waals surface area contributed by atoms with Crippen molar-refractivity contribution in [2.75, 3.05) is 28.4 Å². The van der Waals surface area contributed by atoms with Crippen molar-refractivity contribution in [2.24, 2.45) is 0 Å². The molecule has 0 N–H and O–H groups in total. The van der Waals surface area contributed by atoms with E-state index in [9.17, 15) is 9.59 Å². The number of nitrogens with zero attached hydrogens (tertiary/aromatic N) is 2. The zero-order valence-electron chi connectivity index (χ0n) is 20.9. The lowest BCUT2D eigenvalue weighted by atomic mass is 10.0. The maximum Gasteiger partial charge on any atom is 0.357 e. The maximum atomic E-state index is 13.0. The van der Waals surface area contributed by atoms with Gasteiger partial charge in [-0.15, -0.1) is 0 Å². The Hall–Kier alpha value is -4.79. The lowest BCUT2D eigenvalue weighted by Gasteiger charge is -2.15. The van der Waals surface area contributed by atoms with E-state index in [1.807, 2.05) is 30.3 Å². The molecule has 37 heavy (non-hydrogen) atoms. The second-order valence-electron chi connectivity index (χ2n) is 7.78. The van der Waals surface area contributed by atoms with E-state index in [0.717, 1.165) is 5.56 Å². The molecule has 0 aliphatic heterocycles. The van der Waals surface area contributed by atoms with E-state index in [2.05, 4.69) is 5.10 Å². The number of carbonyl (C=O) groups excluding carboxylic acids is 2. The number of aromatic nitrogens is 2. The topological polar surface area (TPSA) is 98.1 Å². The molecule has 0 amide bonds. The molecule has 0 saturated carbocycles. The molecule has 0 bridgehead atoms. The van der Waals surface area contributed by atoms with Crippen LogP contribution in [0.5, 0.6) is 17.2 Å². The van der Waals surface area contributed by atoms with Crippen molar-refractivity contribution >= 4 is 11.9 Å². The SMILES string of the molecule is COC(=O)c1c(-c2cccc(OC)c2OCc2cccc(OC)c2)nn(-c2ccccc2)c1C(=O)OC. The van der Waals surface area contributed by atoms with E-state index < -0.39 is 11.9 Å². The van der Waals surface area contributed by atoms with Gasteiger partial charge in [-0.2, -0.15) is 5.10 Å². The van der Waals surface area contributed by atoms with Crippen LogP contribution in [-0.4, -0.2) is 50.2 Å². The van der Waals surface area contributed by atoms with Gasteiger partial charge in [0.2, 0.25) is 0 Å². The van der Waals surface area contributed by atoms with Crippen LogP contribution in [-0.2, 0) is 16.1 Å². The molecule has 0 aliphatic rings. The van der Waals surface area contributed by atoms with E-state index in [1.54, 1.807) is 49.6 Å². The second-order valence-corrected chi connectivity index (χ2v) is 7.78. The molecule has 1 aromatic heterocycles. The second kappa shape index (κ2) is 11.3. The van der Waals surface area contributed by atoms with E-state index in [1.165, 1.54) is 26.0 Å². The molecule has 4 rings (SSSR count). The van der Waals surface area contributed by atoms with Crippen LogP contribution in [0.1, 0.15) is 26.4 Å². The van der Waals surface area contributed by atoms with Crippen LogP contribution in [0, 0.1) is 0 Å². The van der Waals surface area contributed by atoms with Gasteiger partial charge in [-0.05, 0) is 42.0 Å². The highest BCUT2D eigenvalue weighted by Gasteiger charge is 2.33. The molecule has 1 heterocycles. The van der Waals surface area contributed by atoms with Crippen LogP contribution < -0.4 is 14.2 Å². The number of benzene rings is 3. The van der Waals surface area contributed by atoms with E-state index in [0.29, 0.717) is 28.5 Å². The number of hydrogen-bond acceptors (Lipinski definition) is 8. The molecular formula is C28H26N2O7. The summed E-state index contributed by atoms with van der Waals surface area (Å²) in [4.78, 5) is 26.0. The molecule has 0 aliphatic carbocycles. The van der Waals surface area contributed by atoms with Gasteiger partial charge in [0, 0.05) is 5.56 Å². The van der Waals surface area contributed by atoms with E-state index >= 15 is 0 Å². The smallest absolute Gasteiger partial charge is 0.357 e. The van der Waals surface area contributed by atoms with Crippen molar-refractivity contribution in [1.82, 2.24) is 9.78 Å². The predicted octanol–water partition coefficient (Wildman–Crippen LogP) is 4.71. The summed E-state index contributed by atoms with van der Waals surface area (Å²) >= 11 is 0. The summed E-state index contributed by atoms with van der Waals surface area (Å²) in [5, 5.41) is 4.67. The highest BCUT2D eigenvalue weighted by Crippen LogP contribution is 2.41. The summed E-state index contributed by atoms with van der Waals surface area (Å²) in [6, 6.07) is 21.6. The van der Waals surface area contributed by atoms with Gasteiger partial charge in [0.25, 0.3) is 0 Å². The Labute approximate surface area is 214 Å². The first-order chi connectivity index (χ1) is 18.0. The minimum atomic E-state index is -0.751. The molecule has 0 saturated heterocycles. The normalized spacial score (nSPS) is 10.5. The molecule has 9 heteroatoms. The Kier molecular flexibility index (Phi) is 7.73. The Morgan fingerprint density at radius 3 is 2.22 bits per heavy atom. The minimum absolute atomic E-state index is 0.0577. The average molecular weight is 503 g/mol. The van der Waals surface area contributed by atoms with Gasteiger partial charge in [0.1, 0.15) is 23.6 Å². The Balaban J connectivity index is 1.92. The molecule has 0 atom stereocenters. The Morgan fingerprint density at radius 2 is 1.54 bits per heavy atom. The van der Waals surface area contributed by atoms with Crippen molar-refractivity contribution in [3.8, 4) is 34.2 Å². The monoisotopic (exact) mass is 502 g/mol. The summed E-state index contributed by atoms with van der Waals surface area (Å²) in [6.45, 7) is 0.182. The third-order valence-corrected chi connectivity index (χ3v) is 5.63. The Morgan fingerprint density at radius 1 is 0.811 bits per heavy atom. The predicted molar refractivity (Wildman–Crippen MR) is 136 cm³/mol. The minimum Gasteiger partial charge on any atom is -0.497 e. The summed E-state index contributed by atoms with van der Waals surface area (Å²) in [6.07, 6.45) is 0. The largest absolute Gasteiger partial charge is 0.497 e. The van der Waals surface area contributed by atoms with Crippen LogP contribution in [0.4, 0.5) is 0 Å². The van der Waals surface area contributed by atoms with Crippen LogP contribution in [0.3, 0.4) is 0 Å². The lowest BCUT2D eigenvalue weighted by molar-refractivity contribution is 0.0549. The standard InChI is InChI=1S/C28H26N2O7/c1-33-20-13-8-10-18(16-20)17-37-26-21(14-9-15-22(26)34-2)24-23(27(31)35-3)25(28(32)36-4)30(29-24)19-11-6-5-7-12-19/h5-16H,17H2,1-4H3. The van der Waals surface area contributed by atoms with Crippen molar-refractivity contribution in [3.63, 3.8) is 0 Å². The number of carbonyl (C=O) groups is 2. The van der Waals surface area contributed by atoms with Crippen molar-refractivity contribution < 1.29 is 33.3 Å². The molecule has 4 aromatic rings. The number of esters is 2. The quantitative estimate of drug-likeness (QED) is 0.304. The van der Waals surface area contributed by atoms with Crippen LogP contribution in [0.15, 0.2) is 72.8 Å². The van der Waals surface area contributed by atoms with Gasteiger partial charge in [-0.25, -0.2) is 14.3 Å². The zero-order valence-corrected chi connectivity index (χ0v) is 20.9. The van der Waals surface area contributed by atoms with Crippen molar-refractivity contribution in [2.45, 2.75) is 6.61 Å². The molecular weight excluding hydrogens is 476 g/mol. The fourth-order valence-corrected chi connectivity index (χ4v) is 3.87. The summed E-state index contributed by atoms with van der Waals surface area (Å²) in [5.74, 6) is -0.0419. The molecule has 190 valence electrons. The fraction of sp³-hybridized carbons (Fsp3) is 0.179. The lowest BCUT2D eigenvalue weighted by Crippen LogP contribution is -2.15. The van der Waals surface area contributed by atoms with Crippen molar-refractivity contribution in [1.29, 1.82) is 0 Å². The van der Waals surface area contributed by atoms with Crippen LogP contribution in [0.25, 0.3) is 16.9 Å². The molecule has 9 nitrogen and oxygen atoms in total. The molecule has 0 spiro atoms. The van der Waals surface area contributed by atoms with E-state index in [4.69, 9.17) is 23.7 Å². The molecule has 0 radical (unpaired) electrons. The highest BCUT2D eigenvalue weighted by atomic mass is 16.5. The third-order valence-electron chi connectivity index (χ3n) is 5.63. The van der Waals surface area contributed by atoms with Gasteiger partial charge in [-0.3, -0.25) is 0 Å². The summed E-state index contributed by atoms with van der Waals surface area (Å²) in [7, 11) is 5.58. The average Bonchev–Trinajstić information content (AvgIpc) is 3.36. The molecule has 0 fully saturated rings. The molecule has 0 unspecified atom stereocenters. The zero-order chi connectivity index (χ0) is 26.4. The fourth-order valence-electron chi connectivity index (χ4n) is 3.87. The van der Waals surface area contributed by atoms with Gasteiger partial charge in [0.05, 0.1) is 34.1 Å². The number of hydrogen-bond donors (Lipinski definition) is 0. The first kappa shape index (κ1) is 25.3. The number of rotatable bonds is 9. The summed E-state index contributed by atoms with van der Waals surface area (Å²) in [5.41, 5.74) is 1.89. The maximum absolute atomic E-state index is 13.0. The van der Waals surface area contributed by atoms with Crippen LogP contribution in [0.2, 0.25) is 0 Å². The summed E-state index contributed by atoms with van der Waals surface area (Å²) < 4.78 is 28.5. The van der Waals surface area contributed by atoms with E-state index in [-0.39, 0.29) is 23.6 Å². The Bertz CT molecular complexity index is 1410. The number of methoxy groups -OCH3 is 4. The molecule has 3 aromatic carbocycles. The van der Waals surface area contributed by atoms with Crippen molar-refractivity contribution in [3.05, 3.63) is 89.6 Å². The first-order valence-electron chi connectivity index (χ1n) is 11.3. The van der Waals surface area contributed by atoms with Gasteiger partial charge >= 0.3 is 11.9 Å². The third kappa shape index (κ3) is 5.11. The van der Waals surface area contributed by atoms with Gasteiger partial charge < -0.3 is 23.7 Å². The van der Waals surface area contributed by atoms with Crippen LogP contribution >= 0.6 is 0 Å². The number of para-hydroxylation sites is 2. The highest BCUT2D eigenvalue weighted by molar-refractivity contribution is 6.07. The first-order valence-corrected chi connectivity index (χ1v) is 11.3. The van der Waals surface area contributed by atoms with Gasteiger partial charge in [0.15, 0.2) is 17.2 Å². The van der Waals surface area contributed by atoms with Gasteiger partial charge in [-0.1, -0.05) is 36.4 Å². The number of ether oxygens (including phenoxy) is 5.